The summed E-state index contributed by atoms with van der Waals surface area (Å²) in [7, 11) is 0. The van der Waals surface area contributed by atoms with Gasteiger partial charge in [0.1, 0.15) is 17.1 Å². The maximum atomic E-state index is 13.7. The Morgan fingerprint density at radius 2 is 1.71 bits per heavy atom. The number of hydrogen-bond donors (Lipinski definition) is 0. The molecule has 4 nitrogen and oxygen atoms in total. The van der Waals surface area contributed by atoms with Crippen LogP contribution in [0.5, 0.6) is 5.75 Å². The molecule has 0 aliphatic carbocycles. The summed E-state index contributed by atoms with van der Waals surface area (Å²) >= 11 is 7.11. The van der Waals surface area contributed by atoms with Crippen LogP contribution in [0.1, 0.15) is 36.2 Å². The second-order valence-corrected chi connectivity index (χ2v) is 9.78. The van der Waals surface area contributed by atoms with E-state index in [2.05, 4.69) is 50.6 Å². The SMILES string of the molecule is CCN(CC)CCCOc1ccc(C(=O)c2c(-c3ccc(Br)cc3Br)oc3ccccc23)cc1. The summed E-state index contributed by atoms with van der Waals surface area (Å²) in [5.41, 5.74) is 2.67. The van der Waals surface area contributed by atoms with Gasteiger partial charge in [0.15, 0.2) is 5.78 Å². The Labute approximate surface area is 217 Å². The second-order valence-electron chi connectivity index (χ2n) is 8.01. The minimum Gasteiger partial charge on any atom is -0.494 e. The fourth-order valence-corrected chi connectivity index (χ4v) is 5.23. The van der Waals surface area contributed by atoms with Crippen molar-refractivity contribution in [3.8, 4) is 17.1 Å². The van der Waals surface area contributed by atoms with Crippen LogP contribution in [0.4, 0.5) is 0 Å². The third kappa shape index (κ3) is 5.45. The largest absolute Gasteiger partial charge is 0.494 e. The molecule has 34 heavy (non-hydrogen) atoms. The highest BCUT2D eigenvalue weighted by Crippen LogP contribution is 2.39. The Morgan fingerprint density at radius 3 is 2.41 bits per heavy atom. The van der Waals surface area contributed by atoms with E-state index in [1.165, 1.54) is 0 Å². The molecular formula is C28H27Br2NO3. The first kappa shape index (κ1) is 24.7. The van der Waals surface area contributed by atoms with Gasteiger partial charge >= 0.3 is 0 Å². The minimum absolute atomic E-state index is 0.0807. The molecule has 3 aromatic carbocycles. The van der Waals surface area contributed by atoms with Gasteiger partial charge in [-0.15, -0.1) is 0 Å². The zero-order valence-electron chi connectivity index (χ0n) is 19.3. The molecule has 0 spiro atoms. The lowest BCUT2D eigenvalue weighted by Gasteiger charge is -2.17. The number of fused-ring (bicyclic) bond motifs is 1. The highest BCUT2D eigenvalue weighted by atomic mass is 79.9. The van der Waals surface area contributed by atoms with Crippen molar-refractivity contribution >= 4 is 48.6 Å². The van der Waals surface area contributed by atoms with Gasteiger partial charge in [-0.3, -0.25) is 4.79 Å². The lowest BCUT2D eigenvalue weighted by Crippen LogP contribution is -2.25. The van der Waals surface area contributed by atoms with Gasteiger partial charge in [0.25, 0.3) is 0 Å². The number of hydrogen-bond acceptors (Lipinski definition) is 4. The van der Waals surface area contributed by atoms with Crippen LogP contribution in [0.15, 0.2) is 80.1 Å². The number of benzene rings is 3. The molecule has 0 atom stereocenters. The third-order valence-corrected chi connectivity index (χ3v) is 7.05. The zero-order valence-corrected chi connectivity index (χ0v) is 22.5. The zero-order chi connectivity index (χ0) is 24.1. The van der Waals surface area contributed by atoms with Gasteiger partial charge in [-0.2, -0.15) is 0 Å². The standard InChI is InChI=1S/C28H27Br2NO3/c1-3-31(4-2)16-7-17-33-21-13-10-19(11-14-21)27(32)26-23-8-5-6-9-25(23)34-28(26)22-15-12-20(29)18-24(22)30/h5-6,8-15,18H,3-4,7,16-17H2,1-2H3. The molecule has 0 saturated carbocycles. The molecule has 0 fully saturated rings. The molecule has 176 valence electrons. The van der Waals surface area contributed by atoms with Crippen molar-refractivity contribution in [1.29, 1.82) is 0 Å². The summed E-state index contributed by atoms with van der Waals surface area (Å²) in [6.45, 7) is 8.11. The van der Waals surface area contributed by atoms with Crippen LogP contribution >= 0.6 is 31.9 Å². The molecular weight excluding hydrogens is 558 g/mol. The molecule has 0 unspecified atom stereocenters. The van der Waals surface area contributed by atoms with Gasteiger partial charge in [-0.25, -0.2) is 0 Å². The smallest absolute Gasteiger partial charge is 0.197 e. The van der Waals surface area contributed by atoms with Crippen molar-refractivity contribution in [2.24, 2.45) is 0 Å². The van der Waals surface area contributed by atoms with E-state index in [1.54, 1.807) is 0 Å². The van der Waals surface area contributed by atoms with Crippen LogP contribution in [0.3, 0.4) is 0 Å². The molecule has 1 aromatic heterocycles. The summed E-state index contributed by atoms with van der Waals surface area (Å²) in [4.78, 5) is 16.1. The van der Waals surface area contributed by atoms with Crippen LogP contribution in [-0.4, -0.2) is 36.9 Å². The number of carbonyl (C=O) groups is 1. The number of halogens is 2. The van der Waals surface area contributed by atoms with Crippen LogP contribution in [0, 0.1) is 0 Å². The Morgan fingerprint density at radius 1 is 0.971 bits per heavy atom. The molecule has 6 heteroatoms. The fraction of sp³-hybridized carbons (Fsp3) is 0.250. The Kier molecular flexibility index (Phi) is 8.24. The number of furan rings is 1. The average Bonchev–Trinajstić information content (AvgIpc) is 3.23. The van der Waals surface area contributed by atoms with E-state index in [0.717, 1.165) is 51.7 Å². The predicted molar refractivity (Wildman–Crippen MR) is 145 cm³/mol. The van der Waals surface area contributed by atoms with Crippen LogP contribution in [0.25, 0.3) is 22.3 Å². The van der Waals surface area contributed by atoms with Crippen molar-refractivity contribution in [2.45, 2.75) is 20.3 Å². The molecule has 0 aliphatic rings. The second kappa shape index (κ2) is 11.3. The van der Waals surface area contributed by atoms with E-state index in [0.29, 0.717) is 29.1 Å². The summed E-state index contributed by atoms with van der Waals surface area (Å²) in [6.07, 6.45) is 0.967. The Hall–Kier alpha value is -2.41. The number of nitrogens with zero attached hydrogens (tertiary/aromatic N) is 1. The van der Waals surface area contributed by atoms with Crippen molar-refractivity contribution in [2.75, 3.05) is 26.2 Å². The average molecular weight is 585 g/mol. The van der Waals surface area contributed by atoms with E-state index in [-0.39, 0.29) is 5.78 Å². The van der Waals surface area contributed by atoms with Gasteiger partial charge in [0, 0.05) is 32.0 Å². The normalized spacial score (nSPS) is 11.3. The molecule has 0 radical (unpaired) electrons. The number of ether oxygens (including phenoxy) is 1. The first-order valence-corrected chi connectivity index (χ1v) is 13.1. The van der Waals surface area contributed by atoms with E-state index in [9.17, 15) is 4.79 Å². The highest BCUT2D eigenvalue weighted by molar-refractivity contribution is 9.11. The van der Waals surface area contributed by atoms with Crippen molar-refractivity contribution in [1.82, 2.24) is 4.90 Å². The molecule has 0 bridgehead atoms. The van der Waals surface area contributed by atoms with Crippen LogP contribution in [0.2, 0.25) is 0 Å². The van der Waals surface area contributed by atoms with Gasteiger partial charge in [-0.1, -0.05) is 48.0 Å². The van der Waals surface area contributed by atoms with Gasteiger partial charge in [-0.05, 0) is 84.0 Å². The summed E-state index contributed by atoms with van der Waals surface area (Å²) in [5.74, 6) is 1.24. The van der Waals surface area contributed by atoms with Crippen molar-refractivity contribution in [3.05, 3.63) is 86.8 Å². The number of para-hydroxylation sites is 1. The lowest BCUT2D eigenvalue weighted by molar-refractivity contribution is 0.104. The van der Waals surface area contributed by atoms with E-state index in [4.69, 9.17) is 9.15 Å². The Bertz CT molecular complexity index is 1280. The maximum absolute atomic E-state index is 13.7. The van der Waals surface area contributed by atoms with E-state index >= 15 is 0 Å². The number of rotatable bonds is 10. The Balaban J connectivity index is 1.58. The fourth-order valence-electron chi connectivity index (χ4n) is 4.00. The van der Waals surface area contributed by atoms with Crippen molar-refractivity contribution < 1.29 is 13.9 Å². The van der Waals surface area contributed by atoms with E-state index in [1.807, 2.05) is 66.7 Å². The molecule has 1 heterocycles. The van der Waals surface area contributed by atoms with E-state index < -0.39 is 0 Å². The number of carbonyl (C=O) groups excluding carboxylic acids is 1. The summed E-state index contributed by atoms with van der Waals surface area (Å²) in [5, 5.41) is 0.800. The first-order chi connectivity index (χ1) is 16.5. The minimum atomic E-state index is -0.0807. The molecule has 0 aliphatic heterocycles. The van der Waals surface area contributed by atoms with Crippen molar-refractivity contribution in [3.63, 3.8) is 0 Å². The lowest BCUT2D eigenvalue weighted by atomic mass is 9.97. The monoisotopic (exact) mass is 583 g/mol. The predicted octanol–water partition coefficient (Wildman–Crippen LogP) is 7.97. The molecule has 0 saturated heterocycles. The highest BCUT2D eigenvalue weighted by Gasteiger charge is 2.24. The molecule has 0 N–H and O–H groups in total. The van der Waals surface area contributed by atoms with Gasteiger partial charge in [0.2, 0.25) is 0 Å². The summed E-state index contributed by atoms with van der Waals surface area (Å²) < 4.78 is 13.9. The quantitative estimate of drug-likeness (QED) is 0.140. The molecule has 4 aromatic rings. The summed E-state index contributed by atoms with van der Waals surface area (Å²) in [6, 6.07) is 20.8. The maximum Gasteiger partial charge on any atom is 0.197 e. The van der Waals surface area contributed by atoms with Gasteiger partial charge < -0.3 is 14.1 Å². The third-order valence-electron chi connectivity index (χ3n) is 5.90. The first-order valence-electron chi connectivity index (χ1n) is 11.5. The number of ketones is 1. The molecule has 0 amide bonds. The van der Waals surface area contributed by atoms with Gasteiger partial charge in [0.05, 0.1) is 12.2 Å². The molecule has 4 rings (SSSR count). The van der Waals surface area contributed by atoms with Crippen LogP contribution in [-0.2, 0) is 0 Å². The van der Waals surface area contributed by atoms with Crippen LogP contribution < -0.4 is 4.74 Å². The topological polar surface area (TPSA) is 42.7 Å².